The molecule has 0 bridgehead atoms. The number of aliphatic hydroxyl groups is 5. The normalized spacial score (nSPS) is 32.1. The van der Waals surface area contributed by atoms with E-state index < -0.39 is 138 Å². The number of aromatic nitrogens is 1. The number of ketones is 1. The highest BCUT2D eigenvalue weighted by Crippen LogP contribution is 2.47. The average Bonchev–Trinajstić information content (AvgIpc) is 3.49. The third-order valence-electron chi connectivity index (χ3n) is 15.0. The average molecular weight is 1110 g/mol. The van der Waals surface area contributed by atoms with Crippen molar-refractivity contribution in [1.82, 2.24) is 9.88 Å². The van der Waals surface area contributed by atoms with E-state index in [0.717, 1.165) is 5.57 Å². The molecule has 20 nitrogen and oxygen atoms in total. The Labute approximate surface area is 465 Å². The van der Waals surface area contributed by atoms with Crippen LogP contribution in [0.15, 0.2) is 113 Å². The third-order valence-corrected chi connectivity index (χ3v) is 15.0. The van der Waals surface area contributed by atoms with E-state index in [1.165, 1.54) is 71.4 Å². The van der Waals surface area contributed by atoms with Crippen LogP contribution in [0.1, 0.15) is 85.5 Å². The lowest BCUT2D eigenvalue weighted by Gasteiger charge is -2.53. The second kappa shape index (κ2) is 30.9. The van der Waals surface area contributed by atoms with Crippen molar-refractivity contribution >= 4 is 11.7 Å². The predicted octanol–water partition coefficient (Wildman–Crippen LogP) is 4.57. The first-order valence-corrected chi connectivity index (χ1v) is 26.8. The first kappa shape index (κ1) is 66.8. The van der Waals surface area contributed by atoms with Crippen LogP contribution < -0.4 is 10.9 Å². The SMILES string of the molecule is C/C=C/C=C/[C@@H]1O[C@](O)([C@H](CC)C(=O)NC/C=C/C=C(\C)[C@@H](OC)[C@@H](C)[C@H](O)[C@@H](O)/C=C/C=C/C=C/C=C(\C)C(=O)c2c(O)ccn(C)c2=O)C[C@H](O[C@@H]2O[C@H](C)[C@@H](O[C@@H]3O[C@@H](C)[C@H](OC)[C@@H](O)[C@H]3OC)[C@@H](OC)[C@H]2O)C1(C)C. The van der Waals surface area contributed by atoms with E-state index in [1.807, 2.05) is 39.8 Å². The summed E-state index contributed by atoms with van der Waals surface area (Å²) in [5.74, 6) is -5.12. The lowest BCUT2D eigenvalue weighted by molar-refractivity contribution is -0.378. The van der Waals surface area contributed by atoms with Crippen molar-refractivity contribution in [2.75, 3.05) is 35.0 Å². The molecule has 3 aliphatic heterocycles. The molecule has 79 heavy (non-hydrogen) atoms. The Bertz CT molecular complexity index is 2440. The number of aryl methyl sites for hydroxylation is 1. The number of rotatable bonds is 26. The van der Waals surface area contributed by atoms with Gasteiger partial charge in [0.05, 0.1) is 48.6 Å². The highest BCUT2D eigenvalue weighted by atomic mass is 16.8. The monoisotopic (exact) mass is 1110 g/mol. The molecule has 4 heterocycles. The van der Waals surface area contributed by atoms with E-state index in [-0.39, 0.29) is 30.5 Å². The molecule has 3 saturated heterocycles. The number of pyridine rings is 1. The van der Waals surface area contributed by atoms with Gasteiger partial charge in [0.1, 0.15) is 47.9 Å². The van der Waals surface area contributed by atoms with Gasteiger partial charge in [0.15, 0.2) is 24.2 Å². The Kier molecular flexibility index (Phi) is 26.1. The molecule has 0 aromatic carbocycles. The van der Waals surface area contributed by atoms with Gasteiger partial charge >= 0.3 is 0 Å². The zero-order valence-corrected chi connectivity index (χ0v) is 48.2. The number of ether oxygens (including phenoxy) is 9. The molecule has 0 saturated carbocycles. The number of allylic oxidation sites excluding steroid dienone is 12. The molecule has 1 aromatic rings. The van der Waals surface area contributed by atoms with Crippen LogP contribution in [0.5, 0.6) is 5.75 Å². The lowest BCUT2D eigenvalue weighted by Crippen LogP contribution is -2.65. The number of aliphatic hydroxyl groups excluding tert-OH is 4. The highest BCUT2D eigenvalue weighted by Gasteiger charge is 2.58. The molecule has 3 fully saturated rings. The topological polar surface area (TPSA) is 273 Å². The summed E-state index contributed by atoms with van der Waals surface area (Å²) >= 11 is 0. The Hall–Kier alpha value is -4.75. The Morgan fingerprint density at radius 3 is 2.13 bits per heavy atom. The van der Waals surface area contributed by atoms with Gasteiger partial charge < -0.3 is 83.2 Å². The van der Waals surface area contributed by atoms with E-state index in [1.54, 1.807) is 88.5 Å². The van der Waals surface area contributed by atoms with Crippen molar-refractivity contribution in [1.29, 1.82) is 0 Å². The van der Waals surface area contributed by atoms with E-state index in [0.29, 0.717) is 0 Å². The largest absolute Gasteiger partial charge is 0.507 e. The highest BCUT2D eigenvalue weighted by molar-refractivity contribution is 6.09. The van der Waals surface area contributed by atoms with Gasteiger partial charge in [0.2, 0.25) is 5.91 Å². The maximum Gasteiger partial charge on any atom is 0.265 e. The van der Waals surface area contributed by atoms with Crippen LogP contribution in [0.2, 0.25) is 0 Å². The van der Waals surface area contributed by atoms with Crippen molar-refractivity contribution < 1.29 is 82.9 Å². The number of methoxy groups -OCH3 is 4. The van der Waals surface area contributed by atoms with Crippen LogP contribution in [0.3, 0.4) is 0 Å². The molecular weight excluding hydrogens is 1020 g/mol. The van der Waals surface area contributed by atoms with Crippen LogP contribution in [-0.2, 0) is 54.5 Å². The molecule has 4 rings (SSSR count). The summed E-state index contributed by atoms with van der Waals surface area (Å²) in [5.41, 5.74) is -0.772. The summed E-state index contributed by atoms with van der Waals surface area (Å²) in [7, 11) is 7.30. The van der Waals surface area contributed by atoms with Crippen molar-refractivity contribution in [2.45, 2.75) is 173 Å². The minimum Gasteiger partial charge on any atom is -0.507 e. The lowest BCUT2D eigenvalue weighted by atomic mass is 9.72. The minimum atomic E-state index is -2.04. The molecule has 0 aliphatic carbocycles. The summed E-state index contributed by atoms with van der Waals surface area (Å²) in [6.45, 7) is 16.1. The fourth-order valence-corrected chi connectivity index (χ4v) is 10.2. The van der Waals surface area contributed by atoms with Crippen LogP contribution in [-0.4, -0.2) is 180 Å². The number of nitrogens with one attached hydrogen (secondary N) is 1. The Balaban J connectivity index is 1.39. The maximum atomic E-state index is 14.0. The van der Waals surface area contributed by atoms with Crippen LogP contribution in [0.25, 0.3) is 0 Å². The van der Waals surface area contributed by atoms with Gasteiger partial charge in [-0.2, -0.15) is 0 Å². The first-order valence-electron chi connectivity index (χ1n) is 26.8. The number of nitrogens with zero attached hydrogens (tertiary/aromatic N) is 1. The van der Waals surface area contributed by atoms with E-state index in [9.17, 15) is 45.0 Å². The van der Waals surface area contributed by atoms with Crippen molar-refractivity contribution in [2.24, 2.45) is 24.3 Å². The smallest absolute Gasteiger partial charge is 0.265 e. The fourth-order valence-electron chi connectivity index (χ4n) is 10.2. The van der Waals surface area contributed by atoms with Crippen LogP contribution in [0.4, 0.5) is 0 Å². The van der Waals surface area contributed by atoms with Crippen molar-refractivity contribution in [3.8, 4) is 5.75 Å². The Morgan fingerprint density at radius 1 is 0.861 bits per heavy atom. The van der Waals surface area contributed by atoms with Crippen LogP contribution >= 0.6 is 0 Å². The predicted molar refractivity (Wildman–Crippen MR) is 296 cm³/mol. The number of aromatic hydroxyl groups is 1. The van der Waals surface area contributed by atoms with Gasteiger partial charge in [0, 0.05) is 66.0 Å². The van der Waals surface area contributed by atoms with Gasteiger partial charge in [-0.1, -0.05) is 113 Å². The fraction of sp³-hybridized carbons (Fsp3) is 0.610. The first-order chi connectivity index (χ1) is 37.4. The van der Waals surface area contributed by atoms with Gasteiger partial charge in [-0.15, -0.1) is 0 Å². The Morgan fingerprint density at radius 2 is 1.49 bits per heavy atom. The summed E-state index contributed by atoms with van der Waals surface area (Å²) in [4.78, 5) is 39.1. The van der Waals surface area contributed by atoms with Gasteiger partial charge in [-0.05, 0) is 58.3 Å². The summed E-state index contributed by atoms with van der Waals surface area (Å²) in [5, 5.41) is 70.2. The molecule has 0 unspecified atom stereocenters. The van der Waals surface area contributed by atoms with Gasteiger partial charge in [-0.25, -0.2) is 0 Å². The molecule has 18 atom stereocenters. The molecular formula is C59H88N2O18. The second-order valence-electron chi connectivity index (χ2n) is 20.9. The zero-order valence-electron chi connectivity index (χ0n) is 48.2. The summed E-state index contributed by atoms with van der Waals surface area (Å²) < 4.78 is 55.7. The molecule has 20 heteroatoms. The van der Waals surface area contributed by atoms with Crippen LogP contribution in [0, 0.1) is 17.3 Å². The number of carbonyl (C=O) groups is 2. The molecule has 3 aliphatic rings. The summed E-state index contributed by atoms with van der Waals surface area (Å²) in [6.07, 6.45) is 10.6. The number of amides is 1. The number of Topliss-reactive ketones (excluding diaryl/α,β-unsaturated/α-hetero) is 1. The minimum absolute atomic E-state index is 0.0876. The number of carbonyl (C=O) groups excluding carboxylic acids is 2. The number of hydrogen-bond donors (Lipinski definition) is 7. The molecule has 1 amide bonds. The van der Waals surface area contributed by atoms with Gasteiger partial charge in [0.25, 0.3) is 5.56 Å². The molecule has 0 radical (unpaired) electrons. The standard InChI is InChI=1S/C59H88N2O18/c1-15-17-21-29-42-58(8,9)43(77-56-48(67)52(73-13)51(38(7)75-56)78-57-53(74-14)47(66)50(72-12)37(6)76-57)33-59(70,79-42)39(16-2)54(68)60-31-25-24-27-35(4)49(71-11)36(5)46(65)41(63)28-23-20-18-19-22-26-34(3)45(64)44-40(62)30-32-61(10)55(44)69/h15,17-30,32,36-39,41-43,46-53,56-57,62-63,65-67,70H,16,31,33H2,1-14H3,(H,60,68)/b17-15+,20-18+,22-19+,25-24+,28-23+,29-21+,34-26+,35-27+/t36-,37-,38+,39+,41-,42-,43-,46-,47+,48+,49+,50-,51+,52-,53+,56-,57-,59-/m0/s1. The molecule has 7 N–H and O–H groups in total. The van der Waals surface area contributed by atoms with Crippen molar-refractivity contribution in [3.05, 3.63) is 124 Å². The quantitative estimate of drug-likeness (QED) is 0.0380. The molecule has 442 valence electrons. The second-order valence-corrected chi connectivity index (χ2v) is 20.9. The molecule has 1 aromatic heterocycles. The maximum absolute atomic E-state index is 14.0. The number of hydrogen-bond acceptors (Lipinski definition) is 18. The summed E-state index contributed by atoms with van der Waals surface area (Å²) in [6, 6.07) is 1.28. The van der Waals surface area contributed by atoms with Crippen molar-refractivity contribution in [3.63, 3.8) is 0 Å². The van der Waals surface area contributed by atoms with E-state index in [2.05, 4.69) is 5.32 Å². The van der Waals surface area contributed by atoms with E-state index >= 15 is 0 Å². The van der Waals surface area contributed by atoms with E-state index in [4.69, 9.17) is 42.6 Å². The van der Waals surface area contributed by atoms with Gasteiger partial charge in [-0.3, -0.25) is 14.4 Å². The zero-order chi connectivity index (χ0) is 58.9. The molecule has 0 spiro atoms. The third kappa shape index (κ3) is 16.7.